The van der Waals surface area contributed by atoms with Crippen molar-refractivity contribution in [1.82, 2.24) is 14.7 Å². The number of carbonyl (C=O) groups is 1. The van der Waals surface area contributed by atoms with Crippen molar-refractivity contribution >= 4 is 29.4 Å². The maximum Gasteiger partial charge on any atom is 0.219 e. The molecule has 0 aliphatic heterocycles. The number of hydrogen-bond acceptors (Lipinski definition) is 3. The second kappa shape index (κ2) is 7.35. The molecule has 6 heteroatoms. The van der Waals surface area contributed by atoms with Crippen molar-refractivity contribution in [2.75, 3.05) is 18.5 Å². The van der Waals surface area contributed by atoms with Gasteiger partial charge in [-0.2, -0.15) is 0 Å². The summed E-state index contributed by atoms with van der Waals surface area (Å²) in [6, 6.07) is 12.2. The highest BCUT2D eigenvalue weighted by Gasteiger charge is 2.27. The quantitative estimate of drug-likeness (QED) is 0.380. The summed E-state index contributed by atoms with van der Waals surface area (Å²) in [5.74, 6) is 2.94. The maximum absolute atomic E-state index is 12.3. The summed E-state index contributed by atoms with van der Waals surface area (Å²) in [7, 11) is 1.80. The van der Waals surface area contributed by atoms with Crippen LogP contribution in [0.4, 0.5) is 11.5 Å². The number of benzene rings is 1. The van der Waals surface area contributed by atoms with E-state index in [2.05, 4.69) is 33.5 Å². The molecule has 2 aromatic heterocycles. The first-order chi connectivity index (χ1) is 14.3. The van der Waals surface area contributed by atoms with Crippen molar-refractivity contribution in [2.45, 2.75) is 31.6 Å². The van der Waals surface area contributed by atoms with Crippen LogP contribution in [-0.4, -0.2) is 35.2 Å². The van der Waals surface area contributed by atoms with E-state index in [9.17, 15) is 4.79 Å². The molecule has 2 saturated carbocycles. The van der Waals surface area contributed by atoms with Gasteiger partial charge in [-0.15, -0.1) is 0 Å². The Hall–Kier alpha value is -3.15. The Morgan fingerprint density at radius 3 is 2.86 bits per heavy atom. The zero-order chi connectivity index (χ0) is 19.8. The molecule has 0 unspecified atom stereocenters. The summed E-state index contributed by atoms with van der Waals surface area (Å²) in [6.45, 7) is 0.925. The minimum Gasteiger partial charge on any atom is -0.370 e. The van der Waals surface area contributed by atoms with Gasteiger partial charge in [-0.3, -0.25) is 19.1 Å². The molecular formula is C23H25N5O. The molecule has 1 N–H and O–H groups in total. The highest BCUT2D eigenvalue weighted by atomic mass is 16.1. The largest absolute Gasteiger partial charge is 0.370 e. The molecule has 3 aromatic rings. The molecule has 148 valence electrons. The molecule has 1 aromatic carbocycles. The highest BCUT2D eigenvalue weighted by molar-refractivity contribution is 6.06. The number of amidine groups is 1. The minimum atomic E-state index is 0.599. The predicted molar refractivity (Wildman–Crippen MR) is 115 cm³/mol. The van der Waals surface area contributed by atoms with Gasteiger partial charge in [0.15, 0.2) is 0 Å². The van der Waals surface area contributed by atoms with E-state index in [0.717, 1.165) is 47.4 Å². The van der Waals surface area contributed by atoms with Crippen molar-refractivity contribution < 1.29 is 4.79 Å². The standard InChI is InChI=1S/C23H25N5O/c1-24-23(26-14-16-5-6-16)19-10-9-18(17-7-8-17)13-20(19)28(15-29)22-4-2-3-21-25-11-12-27(21)22/h2-4,9-13,15-17H,5-8,14H2,1H3,(H,24,26). The van der Waals surface area contributed by atoms with Crippen molar-refractivity contribution in [3.63, 3.8) is 0 Å². The van der Waals surface area contributed by atoms with Gasteiger partial charge in [0.2, 0.25) is 6.41 Å². The Kier molecular flexibility index (Phi) is 4.54. The number of amides is 1. The van der Waals surface area contributed by atoms with Gasteiger partial charge >= 0.3 is 0 Å². The predicted octanol–water partition coefficient (Wildman–Crippen LogP) is 3.88. The molecular weight excluding hydrogens is 362 g/mol. The van der Waals surface area contributed by atoms with Gasteiger partial charge in [0, 0.05) is 31.5 Å². The molecule has 6 nitrogen and oxygen atoms in total. The number of imidazole rings is 1. The summed E-state index contributed by atoms with van der Waals surface area (Å²) in [6.07, 6.45) is 9.50. The van der Waals surface area contributed by atoms with Crippen LogP contribution in [0.2, 0.25) is 0 Å². The first-order valence-corrected chi connectivity index (χ1v) is 10.3. The lowest BCUT2D eigenvalue weighted by molar-refractivity contribution is -0.106. The summed E-state index contributed by atoms with van der Waals surface area (Å²) in [5.41, 5.74) is 3.90. The van der Waals surface area contributed by atoms with Crippen molar-refractivity contribution in [2.24, 2.45) is 10.9 Å². The van der Waals surface area contributed by atoms with Gasteiger partial charge in [-0.1, -0.05) is 12.1 Å². The smallest absolute Gasteiger partial charge is 0.219 e. The summed E-state index contributed by atoms with van der Waals surface area (Å²) < 4.78 is 1.93. The molecule has 2 aliphatic carbocycles. The number of fused-ring (bicyclic) bond motifs is 1. The number of anilines is 2. The molecule has 2 fully saturated rings. The average Bonchev–Trinajstić information content (AvgIpc) is 3.68. The Bertz CT molecular complexity index is 1080. The van der Waals surface area contributed by atoms with Gasteiger partial charge in [-0.25, -0.2) is 4.98 Å². The number of hydrogen-bond donors (Lipinski definition) is 1. The molecule has 0 bridgehead atoms. The van der Waals surface area contributed by atoms with E-state index in [0.29, 0.717) is 5.92 Å². The van der Waals surface area contributed by atoms with Crippen LogP contribution in [-0.2, 0) is 4.79 Å². The lowest BCUT2D eigenvalue weighted by atomic mass is 10.0. The van der Waals surface area contributed by atoms with E-state index in [1.54, 1.807) is 18.1 Å². The zero-order valence-corrected chi connectivity index (χ0v) is 16.6. The molecule has 5 rings (SSSR count). The number of nitrogens with zero attached hydrogens (tertiary/aromatic N) is 4. The van der Waals surface area contributed by atoms with Gasteiger partial charge in [0.1, 0.15) is 17.3 Å². The van der Waals surface area contributed by atoms with Crippen molar-refractivity contribution in [1.29, 1.82) is 0 Å². The number of pyridine rings is 1. The molecule has 29 heavy (non-hydrogen) atoms. The van der Waals surface area contributed by atoms with E-state index in [-0.39, 0.29) is 0 Å². The number of aromatic nitrogens is 2. The summed E-state index contributed by atoms with van der Waals surface area (Å²) in [4.78, 5) is 22.9. The Morgan fingerprint density at radius 1 is 1.28 bits per heavy atom. The van der Waals surface area contributed by atoms with Crippen LogP contribution < -0.4 is 10.2 Å². The Morgan fingerprint density at radius 2 is 2.14 bits per heavy atom. The van der Waals surface area contributed by atoms with Gasteiger partial charge < -0.3 is 5.32 Å². The molecule has 0 spiro atoms. The fourth-order valence-electron chi connectivity index (χ4n) is 3.84. The molecule has 0 radical (unpaired) electrons. The number of rotatable bonds is 7. The number of aliphatic imine (C=N–C) groups is 1. The Labute approximate surface area is 170 Å². The first-order valence-electron chi connectivity index (χ1n) is 10.3. The second-order valence-corrected chi connectivity index (χ2v) is 7.96. The van der Waals surface area contributed by atoms with Gasteiger partial charge in [0.25, 0.3) is 0 Å². The van der Waals surface area contributed by atoms with Crippen LogP contribution >= 0.6 is 0 Å². The van der Waals surface area contributed by atoms with Crippen LogP contribution in [0.3, 0.4) is 0 Å². The molecule has 0 saturated heterocycles. The molecule has 2 aliphatic rings. The minimum absolute atomic E-state index is 0.599. The van der Waals surface area contributed by atoms with Crippen LogP contribution in [0.25, 0.3) is 5.65 Å². The topological polar surface area (TPSA) is 62.0 Å². The van der Waals surface area contributed by atoms with E-state index < -0.39 is 0 Å². The monoisotopic (exact) mass is 387 g/mol. The fraction of sp³-hybridized carbons (Fsp3) is 0.348. The van der Waals surface area contributed by atoms with Gasteiger partial charge in [0.05, 0.1) is 5.69 Å². The molecule has 1 amide bonds. The van der Waals surface area contributed by atoms with Crippen molar-refractivity contribution in [3.05, 3.63) is 59.9 Å². The average molecular weight is 387 g/mol. The lowest BCUT2D eigenvalue weighted by Crippen LogP contribution is -2.29. The number of carbonyl (C=O) groups excluding carboxylic acids is 1. The van der Waals surface area contributed by atoms with Crippen LogP contribution in [0, 0.1) is 5.92 Å². The maximum atomic E-state index is 12.3. The summed E-state index contributed by atoms with van der Waals surface area (Å²) >= 11 is 0. The molecule has 0 atom stereocenters. The highest BCUT2D eigenvalue weighted by Crippen LogP contribution is 2.42. The first kappa shape index (κ1) is 17.9. The van der Waals surface area contributed by atoms with E-state index in [1.807, 2.05) is 28.8 Å². The number of nitrogens with one attached hydrogen (secondary N) is 1. The third-order valence-corrected chi connectivity index (χ3v) is 5.82. The lowest BCUT2D eigenvalue weighted by Gasteiger charge is -2.24. The third kappa shape index (κ3) is 3.50. The summed E-state index contributed by atoms with van der Waals surface area (Å²) in [5, 5.41) is 3.50. The second-order valence-electron chi connectivity index (χ2n) is 7.96. The fourth-order valence-corrected chi connectivity index (χ4v) is 3.84. The van der Waals surface area contributed by atoms with Crippen LogP contribution in [0.5, 0.6) is 0 Å². The molecule has 2 heterocycles. The zero-order valence-electron chi connectivity index (χ0n) is 16.6. The van der Waals surface area contributed by atoms with Crippen LogP contribution in [0.1, 0.15) is 42.7 Å². The third-order valence-electron chi connectivity index (χ3n) is 5.82. The van der Waals surface area contributed by atoms with E-state index in [1.165, 1.54) is 31.2 Å². The van der Waals surface area contributed by atoms with Crippen LogP contribution in [0.15, 0.2) is 53.8 Å². The van der Waals surface area contributed by atoms with Gasteiger partial charge in [-0.05, 0) is 67.3 Å². The SMILES string of the molecule is CN=C(NCC1CC1)c1ccc(C2CC2)cc1N(C=O)c1cccc2nccn12. The van der Waals surface area contributed by atoms with E-state index in [4.69, 9.17) is 0 Å². The van der Waals surface area contributed by atoms with E-state index >= 15 is 0 Å². The van der Waals surface area contributed by atoms with Crippen molar-refractivity contribution in [3.8, 4) is 0 Å². The Balaban J connectivity index is 1.61. The normalized spacial score (nSPS) is 16.8.